The molecule has 3 amide bonds. The highest BCUT2D eigenvalue weighted by atomic mass is 79.9. The highest BCUT2D eigenvalue weighted by Gasteiger charge is 2.34. The standard InChI is InChI=1S/C20H15BrN2O4/c1-3-9-27-18-15(21)10-13(12-17(18)26-2)11-16-19(24)23(20(25)22-16)14-7-5-4-6-8-14/h1,4-8,10-12H,9H2,2H3,(H,22,25)/b16-11+. The third kappa shape index (κ3) is 3.81. The highest BCUT2D eigenvalue weighted by Crippen LogP contribution is 2.37. The highest BCUT2D eigenvalue weighted by molar-refractivity contribution is 9.10. The minimum atomic E-state index is -0.502. The van der Waals surface area contributed by atoms with E-state index in [-0.39, 0.29) is 12.3 Å². The molecule has 0 saturated carbocycles. The van der Waals surface area contributed by atoms with E-state index in [1.54, 1.807) is 42.5 Å². The van der Waals surface area contributed by atoms with Crippen LogP contribution in [0, 0.1) is 12.3 Å². The number of terminal acetylenes is 1. The molecule has 3 rings (SSSR count). The summed E-state index contributed by atoms with van der Waals surface area (Å²) in [4.78, 5) is 26.0. The van der Waals surface area contributed by atoms with Crippen molar-refractivity contribution in [3.63, 3.8) is 0 Å². The van der Waals surface area contributed by atoms with Crippen LogP contribution in [-0.4, -0.2) is 25.7 Å². The van der Waals surface area contributed by atoms with Gasteiger partial charge in [0.2, 0.25) is 0 Å². The van der Waals surface area contributed by atoms with E-state index < -0.39 is 11.9 Å². The molecule has 1 N–H and O–H groups in total. The van der Waals surface area contributed by atoms with Crippen LogP contribution < -0.4 is 19.7 Å². The van der Waals surface area contributed by atoms with Crippen molar-refractivity contribution in [2.24, 2.45) is 0 Å². The van der Waals surface area contributed by atoms with Crippen molar-refractivity contribution < 1.29 is 19.1 Å². The number of anilines is 1. The van der Waals surface area contributed by atoms with E-state index in [4.69, 9.17) is 15.9 Å². The van der Waals surface area contributed by atoms with E-state index in [0.717, 1.165) is 4.90 Å². The first-order chi connectivity index (χ1) is 13.0. The van der Waals surface area contributed by atoms with Crippen LogP contribution in [0.15, 0.2) is 52.6 Å². The van der Waals surface area contributed by atoms with Crippen molar-refractivity contribution in [3.05, 3.63) is 58.2 Å². The average molecular weight is 427 g/mol. The van der Waals surface area contributed by atoms with E-state index in [1.807, 2.05) is 6.07 Å². The van der Waals surface area contributed by atoms with Gasteiger partial charge in [-0.25, -0.2) is 9.69 Å². The van der Waals surface area contributed by atoms with E-state index in [9.17, 15) is 9.59 Å². The summed E-state index contributed by atoms with van der Waals surface area (Å²) >= 11 is 3.41. The zero-order chi connectivity index (χ0) is 19.4. The second-order valence-electron chi connectivity index (χ2n) is 5.49. The quantitative estimate of drug-likeness (QED) is 0.450. The summed E-state index contributed by atoms with van der Waals surface area (Å²) in [7, 11) is 1.50. The number of amides is 3. The van der Waals surface area contributed by atoms with Crippen LogP contribution in [0.5, 0.6) is 11.5 Å². The number of halogens is 1. The first-order valence-corrected chi connectivity index (χ1v) is 8.70. The molecule has 136 valence electrons. The predicted octanol–water partition coefficient (Wildman–Crippen LogP) is 3.57. The third-order valence-corrected chi connectivity index (χ3v) is 4.34. The van der Waals surface area contributed by atoms with Gasteiger partial charge in [0.05, 0.1) is 17.3 Å². The maximum Gasteiger partial charge on any atom is 0.333 e. The Balaban J connectivity index is 1.93. The Morgan fingerprint density at radius 3 is 2.67 bits per heavy atom. The fourth-order valence-corrected chi connectivity index (χ4v) is 3.16. The SMILES string of the molecule is C#CCOc1c(Br)cc(/C=C2/NC(=O)N(c3ccccc3)C2=O)cc1OC. The number of hydrogen-bond acceptors (Lipinski definition) is 4. The molecule has 2 aromatic rings. The number of ether oxygens (including phenoxy) is 2. The maximum atomic E-state index is 12.7. The summed E-state index contributed by atoms with van der Waals surface area (Å²) in [6.45, 7) is 0.0932. The monoisotopic (exact) mass is 426 g/mol. The second kappa shape index (κ2) is 7.98. The minimum Gasteiger partial charge on any atom is -0.493 e. The maximum absolute atomic E-state index is 12.7. The molecule has 0 aromatic heterocycles. The van der Waals surface area contributed by atoms with Crippen LogP contribution in [0.4, 0.5) is 10.5 Å². The van der Waals surface area contributed by atoms with Gasteiger partial charge in [-0.05, 0) is 51.8 Å². The van der Waals surface area contributed by atoms with Gasteiger partial charge in [-0.2, -0.15) is 0 Å². The molecule has 1 saturated heterocycles. The van der Waals surface area contributed by atoms with Crippen LogP contribution >= 0.6 is 15.9 Å². The summed E-state index contributed by atoms with van der Waals surface area (Å²) in [5.41, 5.74) is 1.31. The van der Waals surface area contributed by atoms with Crippen molar-refractivity contribution >= 4 is 39.6 Å². The first kappa shape index (κ1) is 18.5. The molecule has 2 aromatic carbocycles. The fraction of sp³-hybridized carbons (Fsp3) is 0.100. The van der Waals surface area contributed by atoms with Gasteiger partial charge in [0, 0.05) is 0 Å². The van der Waals surface area contributed by atoms with E-state index >= 15 is 0 Å². The van der Waals surface area contributed by atoms with Crippen molar-refractivity contribution in [1.82, 2.24) is 5.32 Å². The second-order valence-corrected chi connectivity index (χ2v) is 6.35. The molecule has 7 heteroatoms. The minimum absolute atomic E-state index is 0.0932. The Bertz CT molecular complexity index is 964. The molecule has 0 aliphatic carbocycles. The molecule has 6 nitrogen and oxygen atoms in total. The lowest BCUT2D eigenvalue weighted by Gasteiger charge is -2.12. The Morgan fingerprint density at radius 1 is 1.26 bits per heavy atom. The lowest BCUT2D eigenvalue weighted by molar-refractivity contribution is -0.113. The molecule has 0 spiro atoms. The van der Waals surface area contributed by atoms with Crippen molar-refractivity contribution in [2.75, 3.05) is 18.6 Å². The molecular weight excluding hydrogens is 412 g/mol. The van der Waals surface area contributed by atoms with Crippen molar-refractivity contribution in [2.45, 2.75) is 0 Å². The number of carbonyl (C=O) groups excluding carboxylic acids is 2. The molecule has 1 heterocycles. The summed E-state index contributed by atoms with van der Waals surface area (Å²) < 4.78 is 11.4. The lowest BCUT2D eigenvalue weighted by Crippen LogP contribution is -2.30. The van der Waals surface area contributed by atoms with Gasteiger partial charge in [-0.3, -0.25) is 4.79 Å². The first-order valence-electron chi connectivity index (χ1n) is 7.91. The van der Waals surface area contributed by atoms with Crippen molar-refractivity contribution in [1.29, 1.82) is 0 Å². The van der Waals surface area contributed by atoms with Gasteiger partial charge < -0.3 is 14.8 Å². The molecule has 0 bridgehead atoms. The van der Waals surface area contributed by atoms with Gasteiger partial charge in [-0.1, -0.05) is 24.1 Å². The lowest BCUT2D eigenvalue weighted by atomic mass is 10.1. The molecule has 1 aliphatic rings. The largest absolute Gasteiger partial charge is 0.493 e. The van der Waals surface area contributed by atoms with E-state index in [0.29, 0.717) is 27.2 Å². The zero-order valence-electron chi connectivity index (χ0n) is 14.4. The third-order valence-electron chi connectivity index (χ3n) is 3.76. The number of carbonyl (C=O) groups is 2. The van der Waals surface area contributed by atoms with Crippen LogP contribution in [0.2, 0.25) is 0 Å². The number of benzene rings is 2. The van der Waals surface area contributed by atoms with Gasteiger partial charge in [0.25, 0.3) is 5.91 Å². The summed E-state index contributed by atoms with van der Waals surface area (Å²) in [5, 5.41) is 2.59. The number of imide groups is 1. The molecule has 1 aliphatic heterocycles. The Hall–Kier alpha value is -3.24. The molecule has 0 atom stereocenters. The number of nitrogens with one attached hydrogen (secondary N) is 1. The van der Waals surface area contributed by atoms with Crippen LogP contribution in [0.3, 0.4) is 0 Å². The smallest absolute Gasteiger partial charge is 0.333 e. The Morgan fingerprint density at radius 2 is 2.00 bits per heavy atom. The molecule has 0 unspecified atom stereocenters. The number of hydrogen-bond donors (Lipinski definition) is 1. The molecule has 27 heavy (non-hydrogen) atoms. The van der Waals surface area contributed by atoms with E-state index in [2.05, 4.69) is 27.2 Å². The van der Waals surface area contributed by atoms with Gasteiger partial charge in [-0.15, -0.1) is 6.42 Å². The summed E-state index contributed by atoms with van der Waals surface area (Å²) in [6, 6.07) is 11.6. The van der Waals surface area contributed by atoms with Crippen molar-refractivity contribution in [3.8, 4) is 23.8 Å². The van der Waals surface area contributed by atoms with Crippen LogP contribution in [0.1, 0.15) is 5.56 Å². The molecular formula is C20H15BrN2O4. The number of urea groups is 1. The molecule has 0 radical (unpaired) electrons. The van der Waals surface area contributed by atoms with Crippen LogP contribution in [0.25, 0.3) is 6.08 Å². The summed E-state index contributed by atoms with van der Waals surface area (Å²) in [6.07, 6.45) is 6.79. The average Bonchev–Trinajstić information content (AvgIpc) is 2.94. The number of methoxy groups -OCH3 is 1. The number of nitrogens with zero attached hydrogens (tertiary/aromatic N) is 1. The predicted molar refractivity (Wildman–Crippen MR) is 105 cm³/mol. The number of para-hydroxylation sites is 1. The zero-order valence-corrected chi connectivity index (χ0v) is 15.9. The summed E-state index contributed by atoms with van der Waals surface area (Å²) in [5.74, 6) is 2.87. The van der Waals surface area contributed by atoms with E-state index in [1.165, 1.54) is 7.11 Å². The van der Waals surface area contributed by atoms with Crippen LogP contribution in [-0.2, 0) is 4.79 Å². The number of rotatable bonds is 5. The fourth-order valence-electron chi connectivity index (χ4n) is 2.59. The normalized spacial score (nSPS) is 14.9. The van der Waals surface area contributed by atoms with Gasteiger partial charge in [0.1, 0.15) is 12.3 Å². The Labute approximate surface area is 164 Å². The van der Waals surface area contributed by atoms with Gasteiger partial charge in [0.15, 0.2) is 11.5 Å². The topological polar surface area (TPSA) is 67.9 Å². The van der Waals surface area contributed by atoms with Gasteiger partial charge >= 0.3 is 6.03 Å². The Kier molecular flexibility index (Phi) is 5.48. The molecule has 1 fully saturated rings.